The molecule has 2 heterocycles. The van der Waals surface area contributed by atoms with Gasteiger partial charge in [0.25, 0.3) is 0 Å². The Morgan fingerprint density at radius 3 is 2.96 bits per heavy atom. The first kappa shape index (κ1) is 18.0. The standard InChI is InChI=1S/C21H27N3O3/c1-14(2)12-24-18-8-7-16(11-17(18)20(22-24)21(25)26)23-9-10-27-19-6-4-3-5-15(19)13-23/h3-6,14,16H,7-13H2,1-2H3,(H,25,26)/t16-/m0/s1. The number of carbonyl (C=O) groups is 1. The average molecular weight is 369 g/mol. The van der Waals surface area contributed by atoms with Gasteiger partial charge in [0.15, 0.2) is 5.69 Å². The highest BCUT2D eigenvalue weighted by Crippen LogP contribution is 2.31. The van der Waals surface area contributed by atoms with Crippen LogP contribution in [-0.2, 0) is 25.9 Å². The van der Waals surface area contributed by atoms with Crippen LogP contribution in [-0.4, -0.2) is 44.9 Å². The summed E-state index contributed by atoms with van der Waals surface area (Å²) in [7, 11) is 0. The Balaban J connectivity index is 1.59. The van der Waals surface area contributed by atoms with E-state index >= 15 is 0 Å². The zero-order valence-corrected chi connectivity index (χ0v) is 16.0. The topological polar surface area (TPSA) is 67.6 Å². The van der Waals surface area contributed by atoms with Gasteiger partial charge in [-0.05, 0) is 31.2 Å². The third-order valence-corrected chi connectivity index (χ3v) is 5.56. The molecule has 0 saturated heterocycles. The normalized spacial score (nSPS) is 19.9. The van der Waals surface area contributed by atoms with Crippen LogP contribution in [0.5, 0.6) is 5.75 Å². The zero-order valence-electron chi connectivity index (χ0n) is 16.0. The molecule has 2 aromatic rings. The van der Waals surface area contributed by atoms with E-state index in [0.29, 0.717) is 18.6 Å². The summed E-state index contributed by atoms with van der Waals surface area (Å²) in [5.74, 6) is 0.485. The van der Waals surface area contributed by atoms with E-state index in [1.807, 2.05) is 22.9 Å². The van der Waals surface area contributed by atoms with Crippen molar-refractivity contribution < 1.29 is 14.6 Å². The maximum Gasteiger partial charge on any atom is 0.356 e. The van der Waals surface area contributed by atoms with Gasteiger partial charge in [-0.3, -0.25) is 9.58 Å². The molecule has 0 fully saturated rings. The second-order valence-corrected chi connectivity index (χ2v) is 7.98. The number of hydrogen-bond donors (Lipinski definition) is 1. The van der Waals surface area contributed by atoms with Gasteiger partial charge in [-0.15, -0.1) is 0 Å². The molecule has 1 aliphatic heterocycles. The lowest BCUT2D eigenvalue weighted by molar-refractivity contribution is 0.0687. The van der Waals surface area contributed by atoms with Crippen molar-refractivity contribution >= 4 is 5.97 Å². The summed E-state index contributed by atoms with van der Waals surface area (Å²) in [5.41, 5.74) is 3.48. The fourth-order valence-corrected chi connectivity index (χ4v) is 4.31. The van der Waals surface area contributed by atoms with Crippen LogP contribution >= 0.6 is 0 Å². The predicted octanol–water partition coefficient (Wildman–Crippen LogP) is 2.99. The molecule has 1 aromatic heterocycles. The van der Waals surface area contributed by atoms with Crippen LogP contribution in [0.3, 0.4) is 0 Å². The van der Waals surface area contributed by atoms with E-state index in [1.165, 1.54) is 5.56 Å². The average Bonchev–Trinajstić information content (AvgIpc) is 2.85. The summed E-state index contributed by atoms with van der Waals surface area (Å²) < 4.78 is 7.83. The largest absolute Gasteiger partial charge is 0.492 e. The molecule has 0 radical (unpaired) electrons. The molecular formula is C21H27N3O3. The number of nitrogens with zero attached hydrogens (tertiary/aromatic N) is 3. The quantitative estimate of drug-likeness (QED) is 0.897. The SMILES string of the molecule is CC(C)Cn1nc(C(=O)O)c2c1CC[C@H](N1CCOc3ccccc3C1)C2. The molecule has 6 heteroatoms. The number of para-hydroxylation sites is 1. The smallest absolute Gasteiger partial charge is 0.356 e. The molecule has 0 saturated carbocycles. The summed E-state index contributed by atoms with van der Waals surface area (Å²) in [6.45, 7) is 7.41. The van der Waals surface area contributed by atoms with Crippen molar-refractivity contribution in [1.82, 2.24) is 14.7 Å². The lowest BCUT2D eigenvalue weighted by atomic mass is 9.90. The molecule has 144 valence electrons. The zero-order chi connectivity index (χ0) is 19.0. The molecule has 6 nitrogen and oxygen atoms in total. The molecule has 0 unspecified atom stereocenters. The van der Waals surface area contributed by atoms with Crippen molar-refractivity contribution in [1.29, 1.82) is 0 Å². The third kappa shape index (κ3) is 3.58. The van der Waals surface area contributed by atoms with E-state index in [4.69, 9.17) is 4.74 Å². The van der Waals surface area contributed by atoms with E-state index in [9.17, 15) is 9.90 Å². The van der Waals surface area contributed by atoms with Gasteiger partial charge >= 0.3 is 5.97 Å². The first-order valence-corrected chi connectivity index (χ1v) is 9.79. The molecule has 27 heavy (non-hydrogen) atoms. The van der Waals surface area contributed by atoms with Crippen molar-refractivity contribution in [3.63, 3.8) is 0 Å². The van der Waals surface area contributed by atoms with E-state index < -0.39 is 5.97 Å². The Morgan fingerprint density at radius 2 is 2.19 bits per heavy atom. The first-order chi connectivity index (χ1) is 13.0. The van der Waals surface area contributed by atoms with E-state index in [1.54, 1.807) is 0 Å². The molecular weight excluding hydrogens is 342 g/mol. The Kier molecular flexibility index (Phi) is 4.91. The van der Waals surface area contributed by atoms with E-state index in [2.05, 4.69) is 29.9 Å². The highest BCUT2D eigenvalue weighted by Gasteiger charge is 2.32. The van der Waals surface area contributed by atoms with Gasteiger partial charge in [0.2, 0.25) is 0 Å². The highest BCUT2D eigenvalue weighted by molar-refractivity contribution is 5.87. The number of carboxylic acid groups (broad SMARTS) is 1. The minimum Gasteiger partial charge on any atom is -0.492 e. The maximum atomic E-state index is 11.8. The fourth-order valence-electron chi connectivity index (χ4n) is 4.31. The van der Waals surface area contributed by atoms with Crippen LogP contribution in [0.25, 0.3) is 0 Å². The van der Waals surface area contributed by atoms with Crippen molar-refractivity contribution in [2.45, 2.75) is 52.2 Å². The lowest BCUT2D eigenvalue weighted by Crippen LogP contribution is -2.40. The minimum atomic E-state index is -0.918. The maximum absolute atomic E-state index is 11.8. The summed E-state index contributed by atoms with van der Waals surface area (Å²) in [5, 5.41) is 14.1. The fraction of sp³-hybridized carbons (Fsp3) is 0.524. The number of hydrogen-bond acceptors (Lipinski definition) is 4. The van der Waals surface area contributed by atoms with Crippen molar-refractivity contribution in [2.24, 2.45) is 5.92 Å². The van der Waals surface area contributed by atoms with Crippen LogP contribution in [0.1, 0.15) is 47.6 Å². The van der Waals surface area contributed by atoms with Gasteiger partial charge in [-0.25, -0.2) is 4.79 Å². The summed E-state index contributed by atoms with van der Waals surface area (Å²) in [6, 6.07) is 8.51. The minimum absolute atomic E-state index is 0.238. The number of aromatic carboxylic acids is 1. The number of benzene rings is 1. The van der Waals surface area contributed by atoms with Gasteiger partial charge in [0, 0.05) is 42.5 Å². The van der Waals surface area contributed by atoms with Crippen LogP contribution < -0.4 is 4.74 Å². The molecule has 1 aromatic carbocycles. The van der Waals surface area contributed by atoms with Crippen LogP contribution in [0.2, 0.25) is 0 Å². The van der Waals surface area contributed by atoms with Crippen LogP contribution in [0.4, 0.5) is 0 Å². The summed E-state index contributed by atoms with van der Waals surface area (Å²) >= 11 is 0. The van der Waals surface area contributed by atoms with Gasteiger partial charge in [0.1, 0.15) is 12.4 Å². The molecule has 0 amide bonds. The second kappa shape index (κ2) is 7.35. The van der Waals surface area contributed by atoms with Gasteiger partial charge in [-0.2, -0.15) is 5.10 Å². The van der Waals surface area contributed by atoms with Gasteiger partial charge in [-0.1, -0.05) is 32.0 Å². The molecule has 4 rings (SSSR count). The highest BCUT2D eigenvalue weighted by atomic mass is 16.5. The van der Waals surface area contributed by atoms with Crippen molar-refractivity contribution in [3.05, 3.63) is 46.8 Å². The Morgan fingerprint density at radius 1 is 1.37 bits per heavy atom. The molecule has 1 N–H and O–H groups in total. The van der Waals surface area contributed by atoms with Crippen molar-refractivity contribution in [3.8, 4) is 5.75 Å². The van der Waals surface area contributed by atoms with Crippen LogP contribution in [0.15, 0.2) is 24.3 Å². The number of carboxylic acids is 1. The second-order valence-electron chi connectivity index (χ2n) is 7.98. The summed E-state index contributed by atoms with van der Waals surface area (Å²) in [6.07, 6.45) is 2.65. The van der Waals surface area contributed by atoms with E-state index in [-0.39, 0.29) is 5.69 Å². The molecule has 0 bridgehead atoms. The number of ether oxygens (including phenoxy) is 1. The first-order valence-electron chi connectivity index (χ1n) is 9.79. The molecule has 2 aliphatic rings. The van der Waals surface area contributed by atoms with Gasteiger partial charge < -0.3 is 9.84 Å². The lowest BCUT2D eigenvalue weighted by Gasteiger charge is -2.33. The number of aromatic nitrogens is 2. The predicted molar refractivity (Wildman–Crippen MR) is 102 cm³/mol. The molecule has 1 aliphatic carbocycles. The van der Waals surface area contributed by atoms with Gasteiger partial charge in [0.05, 0.1) is 0 Å². The van der Waals surface area contributed by atoms with E-state index in [0.717, 1.165) is 55.9 Å². The third-order valence-electron chi connectivity index (χ3n) is 5.56. The number of rotatable bonds is 4. The molecule has 1 atom stereocenters. The Labute approximate surface area is 159 Å². The Bertz CT molecular complexity index is 843. The Hall–Kier alpha value is -2.34. The summed E-state index contributed by atoms with van der Waals surface area (Å²) in [4.78, 5) is 14.2. The molecule has 0 spiro atoms. The van der Waals surface area contributed by atoms with Crippen LogP contribution in [0, 0.1) is 5.92 Å². The number of fused-ring (bicyclic) bond motifs is 2. The van der Waals surface area contributed by atoms with Crippen molar-refractivity contribution in [2.75, 3.05) is 13.2 Å². The monoisotopic (exact) mass is 369 g/mol.